The van der Waals surface area contributed by atoms with E-state index in [-0.39, 0.29) is 0 Å². The molecule has 0 saturated heterocycles. The van der Waals surface area contributed by atoms with Gasteiger partial charge in [-0.05, 0) is 49.4 Å². The van der Waals surface area contributed by atoms with Crippen molar-refractivity contribution in [1.29, 1.82) is 0 Å². The molecule has 0 unspecified atom stereocenters. The first kappa shape index (κ1) is 17.8. The standard InChI is InChI=1S/C18H32N2O/c1-5-17(6-2)20(14-15(3)4)12-7-13-21-18-10-8-16(19)9-11-18/h8-11,15,17H,5-7,12-14,19H2,1-4H3. The number of nitrogens with two attached hydrogens (primary N) is 1. The number of rotatable bonds is 10. The molecule has 0 heterocycles. The Kier molecular flexibility index (Phi) is 8.21. The normalized spacial score (nSPS) is 11.6. The van der Waals surface area contributed by atoms with Crippen molar-refractivity contribution < 1.29 is 4.74 Å². The van der Waals surface area contributed by atoms with Crippen LogP contribution in [0.4, 0.5) is 5.69 Å². The number of nitrogens with zero attached hydrogens (tertiary/aromatic N) is 1. The van der Waals surface area contributed by atoms with Crippen molar-refractivity contribution in [2.24, 2.45) is 5.92 Å². The molecule has 3 nitrogen and oxygen atoms in total. The van der Waals surface area contributed by atoms with Gasteiger partial charge in [0.25, 0.3) is 0 Å². The van der Waals surface area contributed by atoms with Crippen LogP contribution in [0.1, 0.15) is 47.0 Å². The van der Waals surface area contributed by atoms with Gasteiger partial charge in [0.15, 0.2) is 0 Å². The average molecular weight is 292 g/mol. The molecule has 1 aromatic rings. The largest absolute Gasteiger partial charge is 0.494 e. The van der Waals surface area contributed by atoms with Gasteiger partial charge in [0.1, 0.15) is 5.75 Å². The second-order valence-corrected chi connectivity index (χ2v) is 6.13. The van der Waals surface area contributed by atoms with Crippen LogP contribution in [-0.4, -0.2) is 30.6 Å². The molecule has 1 aromatic carbocycles. The molecule has 21 heavy (non-hydrogen) atoms. The van der Waals surface area contributed by atoms with Crippen LogP contribution in [0.3, 0.4) is 0 Å². The van der Waals surface area contributed by atoms with Crippen LogP contribution >= 0.6 is 0 Å². The maximum Gasteiger partial charge on any atom is 0.119 e. The van der Waals surface area contributed by atoms with Gasteiger partial charge in [-0.15, -0.1) is 0 Å². The van der Waals surface area contributed by atoms with Crippen molar-refractivity contribution in [3.8, 4) is 5.75 Å². The summed E-state index contributed by atoms with van der Waals surface area (Å²) in [5.74, 6) is 1.62. The minimum atomic E-state index is 0.698. The summed E-state index contributed by atoms with van der Waals surface area (Å²) in [5, 5.41) is 0. The molecule has 0 aromatic heterocycles. The summed E-state index contributed by atoms with van der Waals surface area (Å²) in [7, 11) is 0. The quantitative estimate of drug-likeness (QED) is 0.519. The van der Waals surface area contributed by atoms with Crippen LogP contribution in [0, 0.1) is 5.92 Å². The third-order valence-corrected chi connectivity index (χ3v) is 3.80. The molecular formula is C18H32N2O. The van der Waals surface area contributed by atoms with Crippen molar-refractivity contribution in [2.45, 2.75) is 53.0 Å². The molecule has 0 bridgehead atoms. The van der Waals surface area contributed by atoms with E-state index in [1.54, 1.807) is 0 Å². The highest BCUT2D eigenvalue weighted by molar-refractivity contribution is 5.41. The lowest BCUT2D eigenvalue weighted by atomic mass is 10.1. The molecule has 0 fully saturated rings. The van der Waals surface area contributed by atoms with E-state index in [4.69, 9.17) is 10.5 Å². The molecule has 0 saturated carbocycles. The smallest absolute Gasteiger partial charge is 0.119 e. The lowest BCUT2D eigenvalue weighted by Gasteiger charge is -2.31. The predicted octanol–water partition coefficient (Wildman–Crippen LogP) is 4.18. The molecule has 3 heteroatoms. The van der Waals surface area contributed by atoms with Crippen molar-refractivity contribution in [3.63, 3.8) is 0 Å². The van der Waals surface area contributed by atoms with Crippen molar-refractivity contribution in [3.05, 3.63) is 24.3 Å². The Balaban J connectivity index is 2.36. The Bertz CT molecular complexity index is 371. The molecule has 2 N–H and O–H groups in total. The molecule has 0 aliphatic carbocycles. The molecule has 1 rings (SSSR count). The molecule has 0 aliphatic heterocycles. The Hall–Kier alpha value is -1.22. The first-order chi connectivity index (χ1) is 10.1. The van der Waals surface area contributed by atoms with E-state index in [1.807, 2.05) is 24.3 Å². The lowest BCUT2D eigenvalue weighted by Crippen LogP contribution is -2.38. The Labute approximate surface area is 130 Å². The van der Waals surface area contributed by atoms with Crippen molar-refractivity contribution in [1.82, 2.24) is 4.90 Å². The zero-order valence-electron chi connectivity index (χ0n) is 14.1. The van der Waals surface area contributed by atoms with Crippen LogP contribution in [-0.2, 0) is 0 Å². The van der Waals surface area contributed by atoms with Gasteiger partial charge in [-0.2, -0.15) is 0 Å². The Morgan fingerprint density at radius 1 is 1.10 bits per heavy atom. The SMILES string of the molecule is CCC(CC)N(CCCOc1ccc(N)cc1)CC(C)C. The van der Waals surface area contributed by atoms with Gasteiger partial charge in [-0.25, -0.2) is 0 Å². The molecule has 120 valence electrons. The third kappa shape index (κ3) is 6.85. The van der Waals surface area contributed by atoms with Crippen LogP contribution in [0.2, 0.25) is 0 Å². The Morgan fingerprint density at radius 3 is 2.24 bits per heavy atom. The van der Waals surface area contributed by atoms with Crippen LogP contribution in [0.5, 0.6) is 5.75 Å². The Morgan fingerprint density at radius 2 is 1.71 bits per heavy atom. The summed E-state index contributed by atoms with van der Waals surface area (Å²) < 4.78 is 5.78. The lowest BCUT2D eigenvalue weighted by molar-refractivity contribution is 0.153. The summed E-state index contributed by atoms with van der Waals surface area (Å²) in [6, 6.07) is 8.32. The van der Waals surface area contributed by atoms with Gasteiger partial charge in [0, 0.05) is 24.8 Å². The van der Waals surface area contributed by atoms with E-state index in [0.29, 0.717) is 12.0 Å². The molecule has 0 atom stereocenters. The van der Waals surface area contributed by atoms with Crippen LogP contribution in [0.25, 0.3) is 0 Å². The average Bonchev–Trinajstić information content (AvgIpc) is 2.46. The number of hydrogen-bond donors (Lipinski definition) is 1. The van der Waals surface area contributed by atoms with Crippen molar-refractivity contribution in [2.75, 3.05) is 25.4 Å². The number of hydrogen-bond acceptors (Lipinski definition) is 3. The maximum absolute atomic E-state index is 5.78. The summed E-state index contributed by atoms with van der Waals surface area (Å²) >= 11 is 0. The highest BCUT2D eigenvalue weighted by Gasteiger charge is 2.15. The summed E-state index contributed by atoms with van der Waals surface area (Å²) in [4.78, 5) is 2.62. The zero-order valence-corrected chi connectivity index (χ0v) is 14.1. The molecule has 0 radical (unpaired) electrons. The second kappa shape index (κ2) is 9.67. The summed E-state index contributed by atoms with van der Waals surface area (Å²) in [6.45, 7) is 12.2. The van der Waals surface area contributed by atoms with Crippen molar-refractivity contribution >= 4 is 5.69 Å². The van der Waals surface area contributed by atoms with E-state index < -0.39 is 0 Å². The highest BCUT2D eigenvalue weighted by atomic mass is 16.5. The van der Waals surface area contributed by atoms with Gasteiger partial charge < -0.3 is 15.4 Å². The molecular weight excluding hydrogens is 260 g/mol. The van der Waals surface area contributed by atoms with Gasteiger partial charge in [0.2, 0.25) is 0 Å². The fraction of sp³-hybridized carbons (Fsp3) is 0.667. The fourth-order valence-electron chi connectivity index (χ4n) is 2.72. The summed E-state index contributed by atoms with van der Waals surface area (Å²) in [5.41, 5.74) is 6.45. The predicted molar refractivity (Wildman–Crippen MR) is 91.7 cm³/mol. The van der Waals surface area contributed by atoms with E-state index in [1.165, 1.54) is 19.4 Å². The highest BCUT2D eigenvalue weighted by Crippen LogP contribution is 2.15. The van der Waals surface area contributed by atoms with Gasteiger partial charge >= 0.3 is 0 Å². The summed E-state index contributed by atoms with van der Waals surface area (Å²) in [6.07, 6.45) is 3.51. The van der Waals surface area contributed by atoms with Gasteiger partial charge in [-0.1, -0.05) is 27.7 Å². The second-order valence-electron chi connectivity index (χ2n) is 6.13. The first-order valence-electron chi connectivity index (χ1n) is 8.29. The third-order valence-electron chi connectivity index (χ3n) is 3.80. The first-order valence-corrected chi connectivity index (χ1v) is 8.29. The van der Waals surface area contributed by atoms with Crippen LogP contribution < -0.4 is 10.5 Å². The van der Waals surface area contributed by atoms with E-state index in [2.05, 4.69) is 32.6 Å². The zero-order chi connectivity index (χ0) is 15.7. The van der Waals surface area contributed by atoms with E-state index >= 15 is 0 Å². The number of ether oxygens (including phenoxy) is 1. The molecule has 0 spiro atoms. The molecule has 0 amide bonds. The number of nitrogen functional groups attached to an aromatic ring is 1. The monoisotopic (exact) mass is 292 g/mol. The van der Waals surface area contributed by atoms with Gasteiger partial charge in [-0.3, -0.25) is 0 Å². The number of benzene rings is 1. The van der Waals surface area contributed by atoms with E-state index in [0.717, 1.165) is 31.0 Å². The fourth-order valence-corrected chi connectivity index (χ4v) is 2.72. The topological polar surface area (TPSA) is 38.5 Å². The molecule has 0 aliphatic rings. The van der Waals surface area contributed by atoms with Gasteiger partial charge in [0.05, 0.1) is 6.61 Å². The minimum absolute atomic E-state index is 0.698. The number of anilines is 1. The van der Waals surface area contributed by atoms with E-state index in [9.17, 15) is 0 Å². The minimum Gasteiger partial charge on any atom is -0.494 e. The van der Waals surface area contributed by atoms with Crippen LogP contribution in [0.15, 0.2) is 24.3 Å². The maximum atomic E-state index is 5.78.